The van der Waals surface area contributed by atoms with Crippen molar-refractivity contribution in [2.24, 2.45) is 0 Å². The largest absolute Gasteiger partial charge is 0.468 e. The van der Waals surface area contributed by atoms with E-state index in [9.17, 15) is 14.4 Å². The standard InChI is InChI=1S/C27H31N3O7.C3H9N/c1-3-36-26(32)23-21(11-8-14-35-18-31)30-25(24(23)27(33)37-4-2)20(19-9-6-5-7-10-19)17-22(28-30)29-12-15-34-16-13-29;1-3-4-2/h5-7,9-10,17-18H,3-4,8,11-16H2,1-2H3;4H,3H2,1-2H3. The Kier molecular flexibility index (Phi) is 12.6. The Morgan fingerprint density at radius 2 is 1.66 bits per heavy atom. The van der Waals surface area contributed by atoms with Crippen LogP contribution in [0.1, 0.15) is 53.6 Å². The van der Waals surface area contributed by atoms with Gasteiger partial charge in [-0.1, -0.05) is 37.3 Å². The van der Waals surface area contributed by atoms with Crippen LogP contribution in [0.3, 0.4) is 0 Å². The fraction of sp³-hybridized carbons (Fsp3) is 0.467. The number of hydrogen-bond donors (Lipinski definition) is 1. The molecule has 0 radical (unpaired) electrons. The number of nitrogens with one attached hydrogen (secondary N) is 1. The number of nitrogens with zero attached hydrogens (tertiary/aromatic N) is 3. The average Bonchev–Trinajstić information content (AvgIpc) is 3.34. The second-order valence-electron chi connectivity index (χ2n) is 9.06. The van der Waals surface area contributed by atoms with Crippen molar-refractivity contribution in [3.63, 3.8) is 0 Å². The molecular weight excluding hydrogens is 528 g/mol. The summed E-state index contributed by atoms with van der Waals surface area (Å²) in [6.45, 7) is 9.84. The minimum atomic E-state index is -0.630. The van der Waals surface area contributed by atoms with Crippen molar-refractivity contribution >= 4 is 29.7 Å². The second-order valence-corrected chi connectivity index (χ2v) is 9.06. The number of anilines is 1. The third kappa shape index (κ3) is 7.83. The van der Waals surface area contributed by atoms with E-state index in [2.05, 4.69) is 17.1 Å². The molecular formula is C30H40N4O7. The highest BCUT2D eigenvalue weighted by molar-refractivity contribution is 6.12. The lowest BCUT2D eigenvalue weighted by atomic mass is 10.0. The van der Waals surface area contributed by atoms with Gasteiger partial charge in [-0.25, -0.2) is 14.1 Å². The van der Waals surface area contributed by atoms with Crippen molar-refractivity contribution in [2.45, 2.75) is 33.6 Å². The van der Waals surface area contributed by atoms with Crippen LogP contribution in [0.2, 0.25) is 0 Å². The van der Waals surface area contributed by atoms with Crippen LogP contribution in [-0.2, 0) is 30.2 Å². The molecule has 11 heteroatoms. The molecule has 3 heterocycles. The molecule has 0 bridgehead atoms. The number of rotatable bonds is 12. The number of esters is 2. The predicted molar refractivity (Wildman–Crippen MR) is 156 cm³/mol. The summed E-state index contributed by atoms with van der Waals surface area (Å²) in [6, 6.07) is 11.6. The molecule has 3 aromatic rings. The number of morpholine rings is 1. The fourth-order valence-corrected chi connectivity index (χ4v) is 4.51. The molecule has 0 aliphatic carbocycles. The number of fused-ring (bicyclic) bond motifs is 1. The van der Waals surface area contributed by atoms with Crippen LogP contribution < -0.4 is 10.2 Å². The van der Waals surface area contributed by atoms with E-state index in [1.54, 1.807) is 18.4 Å². The molecule has 1 aliphatic heterocycles. The number of aromatic nitrogens is 2. The molecule has 0 atom stereocenters. The molecule has 0 saturated carbocycles. The second kappa shape index (κ2) is 16.3. The van der Waals surface area contributed by atoms with Crippen LogP contribution in [0.4, 0.5) is 5.82 Å². The van der Waals surface area contributed by atoms with Gasteiger partial charge in [0.25, 0.3) is 6.47 Å². The summed E-state index contributed by atoms with van der Waals surface area (Å²) < 4.78 is 22.9. The van der Waals surface area contributed by atoms with Crippen molar-refractivity contribution in [1.29, 1.82) is 0 Å². The third-order valence-electron chi connectivity index (χ3n) is 6.45. The summed E-state index contributed by atoms with van der Waals surface area (Å²) in [5.74, 6) is -0.563. The summed E-state index contributed by atoms with van der Waals surface area (Å²) in [4.78, 5) is 39.5. The van der Waals surface area contributed by atoms with E-state index in [1.165, 1.54) is 0 Å². The lowest BCUT2D eigenvalue weighted by Crippen LogP contribution is -2.37. The minimum absolute atomic E-state index is 0.117. The molecule has 4 rings (SSSR count). The average molecular weight is 569 g/mol. The maximum absolute atomic E-state index is 13.4. The molecule has 1 aliphatic rings. The monoisotopic (exact) mass is 568 g/mol. The van der Waals surface area contributed by atoms with Gasteiger partial charge in [-0.3, -0.25) is 4.79 Å². The van der Waals surface area contributed by atoms with E-state index in [4.69, 9.17) is 24.0 Å². The highest BCUT2D eigenvalue weighted by atomic mass is 16.5. The first-order valence-corrected chi connectivity index (χ1v) is 14.0. The minimum Gasteiger partial charge on any atom is -0.468 e. The van der Waals surface area contributed by atoms with Crippen LogP contribution in [-0.4, -0.2) is 87.7 Å². The van der Waals surface area contributed by atoms with Crippen molar-refractivity contribution in [3.05, 3.63) is 53.2 Å². The van der Waals surface area contributed by atoms with Crippen LogP contribution in [0.25, 0.3) is 16.6 Å². The van der Waals surface area contributed by atoms with Gasteiger partial charge in [-0.05, 0) is 51.9 Å². The van der Waals surface area contributed by atoms with Crippen LogP contribution in [0.15, 0.2) is 36.4 Å². The zero-order chi connectivity index (χ0) is 29.6. The summed E-state index contributed by atoms with van der Waals surface area (Å²) >= 11 is 0. The molecule has 1 N–H and O–H groups in total. The topological polar surface area (TPSA) is 121 Å². The highest BCUT2D eigenvalue weighted by Crippen LogP contribution is 2.36. The van der Waals surface area contributed by atoms with E-state index in [1.807, 2.05) is 43.4 Å². The van der Waals surface area contributed by atoms with Gasteiger partial charge in [0.15, 0.2) is 0 Å². The van der Waals surface area contributed by atoms with Gasteiger partial charge in [0.05, 0.1) is 49.8 Å². The Balaban J connectivity index is 0.00000108. The Hall–Kier alpha value is -3.96. The van der Waals surface area contributed by atoms with Crippen LogP contribution in [0.5, 0.6) is 0 Å². The molecule has 1 aromatic carbocycles. The molecule has 222 valence electrons. The normalized spacial score (nSPS) is 12.8. The first-order chi connectivity index (χ1) is 20.0. The van der Waals surface area contributed by atoms with Gasteiger partial charge in [-0.2, -0.15) is 0 Å². The van der Waals surface area contributed by atoms with Gasteiger partial charge < -0.3 is 29.2 Å². The van der Waals surface area contributed by atoms with Gasteiger partial charge in [0.2, 0.25) is 0 Å². The summed E-state index contributed by atoms with van der Waals surface area (Å²) in [5.41, 5.74) is 2.80. The van der Waals surface area contributed by atoms with Crippen molar-refractivity contribution in [2.75, 3.05) is 64.6 Å². The SMILES string of the molecule is CCNC.CCOC(=O)c1c(C(=O)OCC)c2c(-c3ccccc3)cc(N3CCOCC3)nn2c1CCCOC=O. The number of aryl methyl sites for hydroxylation is 1. The number of hydrogen-bond acceptors (Lipinski definition) is 10. The molecule has 11 nitrogen and oxygen atoms in total. The van der Waals surface area contributed by atoms with E-state index in [0.717, 1.165) is 17.7 Å². The van der Waals surface area contributed by atoms with Crippen molar-refractivity contribution < 1.29 is 33.3 Å². The lowest BCUT2D eigenvalue weighted by molar-refractivity contribution is -0.128. The molecule has 0 unspecified atom stereocenters. The summed E-state index contributed by atoms with van der Waals surface area (Å²) in [6.07, 6.45) is 0.736. The predicted octanol–water partition coefficient (Wildman–Crippen LogP) is 3.52. The maximum atomic E-state index is 13.4. The smallest absolute Gasteiger partial charge is 0.341 e. The van der Waals surface area contributed by atoms with Gasteiger partial charge in [0.1, 0.15) is 11.4 Å². The number of benzene rings is 1. The molecule has 1 fully saturated rings. The van der Waals surface area contributed by atoms with E-state index >= 15 is 0 Å². The van der Waals surface area contributed by atoms with Gasteiger partial charge in [-0.15, -0.1) is 5.10 Å². The number of carbonyl (C=O) groups is 3. The molecule has 0 amide bonds. The maximum Gasteiger partial charge on any atom is 0.341 e. The highest BCUT2D eigenvalue weighted by Gasteiger charge is 2.33. The van der Waals surface area contributed by atoms with Crippen molar-refractivity contribution in [1.82, 2.24) is 14.9 Å². The van der Waals surface area contributed by atoms with Crippen LogP contribution in [0, 0.1) is 0 Å². The number of carbonyl (C=O) groups excluding carboxylic acids is 3. The Labute approximate surface area is 240 Å². The Morgan fingerprint density at radius 3 is 2.24 bits per heavy atom. The number of ether oxygens (including phenoxy) is 4. The fourth-order valence-electron chi connectivity index (χ4n) is 4.51. The van der Waals surface area contributed by atoms with E-state index in [-0.39, 0.29) is 30.9 Å². The first-order valence-electron chi connectivity index (χ1n) is 14.0. The Morgan fingerprint density at radius 1 is 1.02 bits per heavy atom. The van der Waals surface area contributed by atoms with Gasteiger partial charge >= 0.3 is 11.9 Å². The van der Waals surface area contributed by atoms with E-state index in [0.29, 0.717) is 62.6 Å². The first kappa shape index (κ1) is 31.6. The molecule has 41 heavy (non-hydrogen) atoms. The zero-order valence-electron chi connectivity index (χ0n) is 24.3. The molecule has 1 saturated heterocycles. The third-order valence-corrected chi connectivity index (χ3v) is 6.45. The van der Waals surface area contributed by atoms with Gasteiger partial charge in [0, 0.05) is 18.7 Å². The van der Waals surface area contributed by atoms with Crippen molar-refractivity contribution in [3.8, 4) is 11.1 Å². The molecule has 0 spiro atoms. The summed E-state index contributed by atoms with van der Waals surface area (Å²) in [7, 11) is 1.93. The lowest BCUT2D eigenvalue weighted by Gasteiger charge is -2.28. The van der Waals surface area contributed by atoms with E-state index < -0.39 is 11.9 Å². The van der Waals surface area contributed by atoms with Crippen LogP contribution >= 0.6 is 0 Å². The molecule has 2 aromatic heterocycles. The quantitative estimate of drug-likeness (QED) is 0.150. The summed E-state index contributed by atoms with van der Waals surface area (Å²) in [5, 5.41) is 7.84. The Bertz CT molecular complexity index is 1290. The zero-order valence-corrected chi connectivity index (χ0v) is 24.3.